The van der Waals surface area contributed by atoms with Crippen molar-refractivity contribution >= 4 is 22.0 Å². The summed E-state index contributed by atoms with van der Waals surface area (Å²) in [5.41, 5.74) is 3.69. The number of urea groups is 1. The zero-order valence-electron chi connectivity index (χ0n) is 17.1. The van der Waals surface area contributed by atoms with Crippen molar-refractivity contribution < 1.29 is 4.79 Å². The molecule has 0 aliphatic heterocycles. The van der Waals surface area contributed by atoms with Crippen LogP contribution in [0.2, 0.25) is 0 Å². The molecule has 2 N–H and O–H groups in total. The smallest absolute Gasteiger partial charge is 0.315 e. The molecule has 0 aromatic heterocycles. The first-order valence-electron chi connectivity index (χ1n) is 9.88. The van der Waals surface area contributed by atoms with Gasteiger partial charge in [0.1, 0.15) is 0 Å². The molecular weight excluding hydrogens is 400 g/mol. The maximum Gasteiger partial charge on any atom is 0.315 e. The van der Waals surface area contributed by atoms with Gasteiger partial charge in [-0.05, 0) is 83.4 Å². The van der Waals surface area contributed by atoms with Crippen molar-refractivity contribution in [3.05, 3.63) is 57.6 Å². The number of rotatable bonds is 7. The van der Waals surface area contributed by atoms with E-state index in [9.17, 15) is 4.79 Å². The Bertz CT molecular complexity index is 689. The van der Waals surface area contributed by atoms with Gasteiger partial charge in [-0.1, -0.05) is 51.4 Å². The molecule has 148 valence electrons. The van der Waals surface area contributed by atoms with Crippen molar-refractivity contribution in [3.63, 3.8) is 0 Å². The lowest BCUT2D eigenvalue weighted by atomic mass is 9.74. The summed E-state index contributed by atoms with van der Waals surface area (Å²) in [6.07, 6.45) is 9.88. The van der Waals surface area contributed by atoms with E-state index in [1.165, 1.54) is 11.1 Å². The highest BCUT2D eigenvalue weighted by Gasteiger charge is 2.35. The third-order valence-corrected chi connectivity index (χ3v) is 6.05. The van der Waals surface area contributed by atoms with Crippen LogP contribution in [0.5, 0.6) is 0 Å². The van der Waals surface area contributed by atoms with Gasteiger partial charge in [0.2, 0.25) is 0 Å². The van der Waals surface area contributed by atoms with Crippen molar-refractivity contribution in [2.24, 2.45) is 5.92 Å². The van der Waals surface area contributed by atoms with E-state index in [4.69, 9.17) is 0 Å². The van der Waals surface area contributed by atoms with Crippen molar-refractivity contribution in [1.29, 1.82) is 0 Å². The lowest BCUT2D eigenvalue weighted by Crippen LogP contribution is -2.54. The highest BCUT2D eigenvalue weighted by atomic mass is 79.9. The van der Waals surface area contributed by atoms with Crippen LogP contribution in [0.15, 0.2) is 52.0 Å². The Morgan fingerprint density at radius 2 is 2.00 bits per heavy atom. The lowest BCUT2D eigenvalue weighted by Gasteiger charge is -2.40. The molecule has 1 aliphatic rings. The quantitative estimate of drug-likeness (QED) is 0.474. The van der Waals surface area contributed by atoms with Crippen LogP contribution in [-0.2, 0) is 6.54 Å². The highest BCUT2D eigenvalue weighted by molar-refractivity contribution is 9.10. The van der Waals surface area contributed by atoms with Crippen LogP contribution in [0.4, 0.5) is 4.79 Å². The minimum atomic E-state index is -0.201. The molecule has 2 rings (SSSR count). The molecule has 2 amide bonds. The molecule has 0 spiro atoms. The van der Waals surface area contributed by atoms with E-state index in [1.54, 1.807) is 0 Å². The van der Waals surface area contributed by atoms with Gasteiger partial charge in [-0.25, -0.2) is 4.79 Å². The van der Waals surface area contributed by atoms with Crippen molar-refractivity contribution in [1.82, 2.24) is 10.6 Å². The van der Waals surface area contributed by atoms with Gasteiger partial charge in [0.25, 0.3) is 0 Å². The van der Waals surface area contributed by atoms with Crippen LogP contribution in [0.1, 0.15) is 65.4 Å². The molecule has 0 fully saturated rings. The van der Waals surface area contributed by atoms with E-state index >= 15 is 0 Å². The second-order valence-electron chi connectivity index (χ2n) is 8.19. The summed E-state index contributed by atoms with van der Waals surface area (Å²) in [7, 11) is 0. The minimum Gasteiger partial charge on any atom is -0.334 e. The Hall–Kier alpha value is -1.55. The summed E-state index contributed by atoms with van der Waals surface area (Å²) in [5.74, 6) is 0.477. The number of carbonyl (C=O) groups excluding carboxylic acids is 1. The standard InChI is InChI=1S/C23H33BrN2O/c1-17(2)6-5-15-23(4,20-11-7-18(3)8-12-20)26-22(27)25-16-19-9-13-21(24)14-10-19/h6-7,9-10,13-14,20H,5,8,11-12,15-16H2,1-4H3,(H2,25,26,27)/t20-,23+/m0/s1. The number of allylic oxidation sites excluding steroid dienone is 4. The summed E-state index contributed by atoms with van der Waals surface area (Å²) < 4.78 is 1.04. The van der Waals surface area contributed by atoms with Crippen LogP contribution in [-0.4, -0.2) is 11.6 Å². The van der Waals surface area contributed by atoms with E-state index in [0.29, 0.717) is 12.5 Å². The topological polar surface area (TPSA) is 41.1 Å². The van der Waals surface area contributed by atoms with Gasteiger partial charge in [-0.15, -0.1) is 0 Å². The SMILES string of the molecule is CC(C)=CCC[C@@](C)(NC(=O)NCc1ccc(Br)cc1)[C@H]1CC=C(C)CC1. The molecule has 27 heavy (non-hydrogen) atoms. The number of hydrogen-bond acceptors (Lipinski definition) is 1. The van der Waals surface area contributed by atoms with Crippen LogP contribution in [0, 0.1) is 5.92 Å². The lowest BCUT2D eigenvalue weighted by molar-refractivity contribution is 0.186. The summed E-state index contributed by atoms with van der Waals surface area (Å²) >= 11 is 3.44. The van der Waals surface area contributed by atoms with E-state index in [1.807, 2.05) is 24.3 Å². The number of benzene rings is 1. The first-order valence-corrected chi connectivity index (χ1v) is 10.7. The number of carbonyl (C=O) groups is 1. The number of hydrogen-bond donors (Lipinski definition) is 2. The summed E-state index contributed by atoms with van der Waals surface area (Å²) in [4.78, 5) is 12.6. The van der Waals surface area contributed by atoms with Crippen LogP contribution >= 0.6 is 15.9 Å². The van der Waals surface area contributed by atoms with Gasteiger partial charge in [0, 0.05) is 16.6 Å². The molecule has 1 aliphatic carbocycles. The third-order valence-electron chi connectivity index (χ3n) is 5.52. The summed E-state index contributed by atoms with van der Waals surface area (Å²) in [6.45, 7) is 9.21. The third kappa shape index (κ3) is 7.17. The van der Waals surface area contributed by atoms with Crippen molar-refractivity contribution in [2.45, 2.75) is 71.9 Å². The zero-order chi connectivity index (χ0) is 19.9. The van der Waals surface area contributed by atoms with E-state index in [0.717, 1.165) is 42.1 Å². The van der Waals surface area contributed by atoms with E-state index in [-0.39, 0.29) is 11.6 Å². The Morgan fingerprint density at radius 3 is 2.59 bits per heavy atom. The molecule has 3 nitrogen and oxygen atoms in total. The maximum absolute atomic E-state index is 12.6. The predicted molar refractivity (Wildman–Crippen MR) is 118 cm³/mol. The maximum atomic E-state index is 12.6. The van der Waals surface area contributed by atoms with Crippen LogP contribution < -0.4 is 10.6 Å². The molecule has 2 atom stereocenters. The summed E-state index contributed by atoms with van der Waals surface area (Å²) in [6, 6.07) is 7.95. The molecule has 0 radical (unpaired) electrons. The van der Waals surface area contributed by atoms with E-state index < -0.39 is 0 Å². The zero-order valence-corrected chi connectivity index (χ0v) is 18.7. The molecular formula is C23H33BrN2O. The second-order valence-corrected chi connectivity index (χ2v) is 9.11. The molecule has 0 bridgehead atoms. The molecule has 0 saturated heterocycles. The van der Waals surface area contributed by atoms with E-state index in [2.05, 4.69) is 66.4 Å². The Morgan fingerprint density at radius 1 is 1.30 bits per heavy atom. The van der Waals surface area contributed by atoms with Gasteiger partial charge in [0.05, 0.1) is 0 Å². The first kappa shape index (κ1) is 21.7. The van der Waals surface area contributed by atoms with Crippen LogP contribution in [0.25, 0.3) is 0 Å². The van der Waals surface area contributed by atoms with Crippen LogP contribution in [0.3, 0.4) is 0 Å². The number of amides is 2. The number of halogens is 1. The largest absolute Gasteiger partial charge is 0.334 e. The first-order chi connectivity index (χ1) is 12.8. The van der Waals surface area contributed by atoms with Crippen molar-refractivity contribution in [2.75, 3.05) is 0 Å². The van der Waals surface area contributed by atoms with Gasteiger partial charge >= 0.3 is 6.03 Å². The molecule has 4 heteroatoms. The molecule has 0 unspecified atom stereocenters. The van der Waals surface area contributed by atoms with Gasteiger partial charge in [0.15, 0.2) is 0 Å². The predicted octanol–water partition coefficient (Wildman–Crippen LogP) is 6.50. The Kier molecular flexibility index (Phi) is 8.15. The highest BCUT2D eigenvalue weighted by Crippen LogP contribution is 2.35. The minimum absolute atomic E-state index is 0.0797. The normalized spacial score (nSPS) is 18.9. The molecule has 1 aromatic carbocycles. The fourth-order valence-electron chi connectivity index (χ4n) is 3.66. The Balaban J connectivity index is 2.00. The average Bonchev–Trinajstić information content (AvgIpc) is 2.61. The fourth-order valence-corrected chi connectivity index (χ4v) is 3.93. The monoisotopic (exact) mass is 432 g/mol. The molecule has 0 heterocycles. The summed E-state index contributed by atoms with van der Waals surface area (Å²) in [5, 5.41) is 6.34. The van der Waals surface area contributed by atoms with Gasteiger partial charge in [-0.3, -0.25) is 0 Å². The molecule has 0 saturated carbocycles. The average molecular weight is 433 g/mol. The number of nitrogens with one attached hydrogen (secondary N) is 2. The second kappa shape index (κ2) is 10.1. The Labute approximate surface area is 172 Å². The van der Waals surface area contributed by atoms with Gasteiger partial charge < -0.3 is 10.6 Å². The van der Waals surface area contributed by atoms with Gasteiger partial charge in [-0.2, -0.15) is 0 Å². The molecule has 1 aromatic rings. The van der Waals surface area contributed by atoms with Crippen molar-refractivity contribution in [3.8, 4) is 0 Å². The fraction of sp³-hybridized carbons (Fsp3) is 0.522.